The van der Waals surface area contributed by atoms with Gasteiger partial charge in [0.1, 0.15) is 12.3 Å². The number of esters is 1. The molecule has 4 rings (SSSR count). The van der Waals surface area contributed by atoms with Crippen molar-refractivity contribution in [3.8, 4) is 0 Å². The Balaban J connectivity index is 1.48. The Labute approximate surface area is 190 Å². The Morgan fingerprint density at radius 1 is 1.03 bits per heavy atom. The molecule has 8 nitrogen and oxygen atoms in total. The normalized spacial score (nSPS) is 11.3. The summed E-state index contributed by atoms with van der Waals surface area (Å²) in [5.41, 5.74) is 2.17. The highest BCUT2D eigenvalue weighted by Gasteiger charge is 2.21. The van der Waals surface area contributed by atoms with E-state index in [4.69, 9.17) is 4.74 Å². The first kappa shape index (κ1) is 22.2. The van der Waals surface area contributed by atoms with Gasteiger partial charge in [-0.2, -0.15) is 0 Å². The minimum absolute atomic E-state index is 0.0463. The predicted octanol–water partition coefficient (Wildman–Crippen LogP) is 3.19. The molecule has 168 valence electrons. The zero-order chi connectivity index (χ0) is 23.6. The Bertz CT molecular complexity index is 1480. The monoisotopic (exact) mass is 463 g/mol. The molecular weight excluding hydrogens is 442 g/mol. The summed E-state index contributed by atoms with van der Waals surface area (Å²) in [4.78, 5) is 29.1. The van der Waals surface area contributed by atoms with Crippen LogP contribution in [0.25, 0.3) is 5.65 Å². The molecule has 9 heteroatoms. The number of carbonyl (C=O) groups is 1. The number of benzene rings is 2. The summed E-state index contributed by atoms with van der Waals surface area (Å²) in [6.45, 7) is 1.70. The molecule has 2 aromatic carbocycles. The van der Waals surface area contributed by atoms with Crippen molar-refractivity contribution in [3.05, 3.63) is 106 Å². The fourth-order valence-corrected chi connectivity index (χ4v) is 4.44. The van der Waals surface area contributed by atoms with Crippen molar-refractivity contribution < 1.29 is 17.9 Å². The van der Waals surface area contributed by atoms with Crippen molar-refractivity contribution in [1.29, 1.82) is 0 Å². The topological polar surface area (TPSA) is 98.0 Å². The van der Waals surface area contributed by atoms with Crippen molar-refractivity contribution in [3.63, 3.8) is 0 Å². The van der Waals surface area contributed by atoms with Gasteiger partial charge in [-0.1, -0.05) is 18.2 Å². The minimum atomic E-state index is -3.78. The summed E-state index contributed by atoms with van der Waals surface area (Å²) in [5.74, 6) is -0.651. The van der Waals surface area contributed by atoms with Gasteiger partial charge in [-0.3, -0.25) is 13.5 Å². The fourth-order valence-electron chi connectivity index (χ4n) is 3.25. The summed E-state index contributed by atoms with van der Waals surface area (Å²) < 4.78 is 33.6. The van der Waals surface area contributed by atoms with Crippen molar-refractivity contribution in [1.82, 2.24) is 9.38 Å². The highest BCUT2D eigenvalue weighted by atomic mass is 32.2. The van der Waals surface area contributed by atoms with Gasteiger partial charge in [0.05, 0.1) is 21.8 Å². The molecule has 0 N–H and O–H groups in total. The van der Waals surface area contributed by atoms with E-state index in [2.05, 4.69) is 4.98 Å². The molecule has 2 aromatic heterocycles. The van der Waals surface area contributed by atoms with Crippen molar-refractivity contribution >= 4 is 27.3 Å². The molecule has 0 aliphatic heterocycles. The van der Waals surface area contributed by atoms with Crippen molar-refractivity contribution in [2.45, 2.75) is 18.4 Å². The predicted molar refractivity (Wildman–Crippen MR) is 124 cm³/mol. The van der Waals surface area contributed by atoms with Crippen LogP contribution in [-0.4, -0.2) is 30.8 Å². The molecule has 0 aliphatic carbocycles. The van der Waals surface area contributed by atoms with Gasteiger partial charge in [0.2, 0.25) is 0 Å². The second-order valence-electron chi connectivity index (χ2n) is 7.43. The van der Waals surface area contributed by atoms with E-state index in [1.165, 1.54) is 46.1 Å². The fraction of sp³-hybridized carbons (Fsp3) is 0.125. The van der Waals surface area contributed by atoms with E-state index in [0.717, 1.165) is 5.56 Å². The van der Waals surface area contributed by atoms with Crippen LogP contribution in [0.15, 0.2) is 88.7 Å². The third kappa shape index (κ3) is 4.63. The largest absolute Gasteiger partial charge is 0.456 e. The average Bonchev–Trinajstić information content (AvgIpc) is 2.82. The molecule has 0 fully saturated rings. The molecule has 2 heterocycles. The quantitative estimate of drug-likeness (QED) is 0.408. The second-order valence-corrected chi connectivity index (χ2v) is 9.40. The molecule has 0 saturated carbocycles. The minimum Gasteiger partial charge on any atom is -0.456 e. The highest BCUT2D eigenvalue weighted by Crippen LogP contribution is 2.22. The van der Waals surface area contributed by atoms with Crippen LogP contribution in [0, 0.1) is 6.92 Å². The van der Waals surface area contributed by atoms with Gasteiger partial charge < -0.3 is 4.74 Å². The Morgan fingerprint density at radius 3 is 2.42 bits per heavy atom. The number of nitrogens with zero attached hydrogens (tertiary/aromatic N) is 3. The van der Waals surface area contributed by atoms with E-state index in [1.54, 1.807) is 48.7 Å². The number of aromatic nitrogens is 2. The van der Waals surface area contributed by atoms with Crippen LogP contribution < -0.4 is 9.86 Å². The number of ether oxygens (including phenoxy) is 1. The van der Waals surface area contributed by atoms with Crippen LogP contribution in [0.4, 0.5) is 5.69 Å². The lowest BCUT2D eigenvalue weighted by molar-refractivity contribution is 0.0467. The summed E-state index contributed by atoms with van der Waals surface area (Å²) in [6, 6.07) is 19.1. The summed E-state index contributed by atoms with van der Waals surface area (Å²) in [5, 5.41) is 0. The van der Waals surface area contributed by atoms with Gasteiger partial charge in [-0.25, -0.2) is 18.2 Å². The molecule has 33 heavy (non-hydrogen) atoms. The number of fused-ring (bicyclic) bond motifs is 1. The van der Waals surface area contributed by atoms with Gasteiger partial charge in [-0.15, -0.1) is 0 Å². The van der Waals surface area contributed by atoms with Gasteiger partial charge in [0.15, 0.2) is 0 Å². The molecule has 4 aromatic rings. The summed E-state index contributed by atoms with van der Waals surface area (Å²) in [6.07, 6.45) is 1.64. The summed E-state index contributed by atoms with van der Waals surface area (Å²) in [7, 11) is -2.32. The molecule has 0 saturated heterocycles. The Kier molecular flexibility index (Phi) is 5.97. The number of pyridine rings is 1. The Hall–Kier alpha value is -3.98. The van der Waals surface area contributed by atoms with E-state index >= 15 is 0 Å². The van der Waals surface area contributed by atoms with E-state index in [1.807, 2.05) is 6.92 Å². The van der Waals surface area contributed by atoms with Gasteiger partial charge in [0.25, 0.3) is 15.6 Å². The number of carbonyl (C=O) groups excluding carboxylic acids is 1. The van der Waals surface area contributed by atoms with Crippen LogP contribution in [0.3, 0.4) is 0 Å². The molecule has 0 spiro atoms. The van der Waals surface area contributed by atoms with E-state index < -0.39 is 16.0 Å². The first-order valence-corrected chi connectivity index (χ1v) is 11.5. The smallest absolute Gasteiger partial charge is 0.338 e. The summed E-state index contributed by atoms with van der Waals surface area (Å²) >= 11 is 0. The maximum atomic E-state index is 12.9. The van der Waals surface area contributed by atoms with Crippen LogP contribution in [0.2, 0.25) is 0 Å². The van der Waals surface area contributed by atoms with Crippen molar-refractivity contribution in [2.75, 3.05) is 11.4 Å². The van der Waals surface area contributed by atoms with Gasteiger partial charge in [0, 0.05) is 19.3 Å². The van der Waals surface area contributed by atoms with E-state index in [0.29, 0.717) is 17.0 Å². The number of hydrogen-bond donors (Lipinski definition) is 0. The van der Waals surface area contributed by atoms with Crippen LogP contribution in [0.1, 0.15) is 21.6 Å². The first-order chi connectivity index (χ1) is 15.8. The number of hydrogen-bond acceptors (Lipinski definition) is 6. The maximum Gasteiger partial charge on any atom is 0.338 e. The third-order valence-electron chi connectivity index (χ3n) is 5.10. The average molecular weight is 464 g/mol. The zero-order valence-electron chi connectivity index (χ0n) is 18.0. The van der Waals surface area contributed by atoms with Gasteiger partial charge in [-0.05, 0) is 61.0 Å². The lowest BCUT2D eigenvalue weighted by Crippen LogP contribution is -2.26. The van der Waals surface area contributed by atoms with Crippen LogP contribution in [-0.2, 0) is 21.4 Å². The second kappa shape index (κ2) is 8.87. The van der Waals surface area contributed by atoms with E-state index in [9.17, 15) is 18.0 Å². The zero-order valence-corrected chi connectivity index (χ0v) is 18.8. The van der Waals surface area contributed by atoms with Gasteiger partial charge >= 0.3 is 5.97 Å². The lowest BCUT2D eigenvalue weighted by Gasteiger charge is -2.19. The molecule has 0 bridgehead atoms. The highest BCUT2D eigenvalue weighted by molar-refractivity contribution is 7.92. The molecular formula is C24H21N3O5S. The molecule has 0 atom stereocenters. The number of para-hydroxylation sites is 1. The van der Waals surface area contributed by atoms with Crippen LogP contribution >= 0.6 is 0 Å². The number of anilines is 1. The molecule has 0 amide bonds. The number of aryl methyl sites for hydroxylation is 1. The van der Waals surface area contributed by atoms with E-state index in [-0.39, 0.29) is 22.6 Å². The SMILES string of the molecule is Cc1ccn2c(=O)cc(COC(=O)c3ccc(S(=O)(=O)N(C)c4ccccc4)cc3)nc2c1. The van der Waals surface area contributed by atoms with Crippen LogP contribution in [0.5, 0.6) is 0 Å². The van der Waals surface area contributed by atoms with Crippen molar-refractivity contribution in [2.24, 2.45) is 0 Å². The maximum absolute atomic E-state index is 12.9. The Morgan fingerprint density at radius 2 is 1.73 bits per heavy atom. The molecule has 0 radical (unpaired) electrons. The molecule has 0 aliphatic rings. The lowest BCUT2D eigenvalue weighted by atomic mass is 10.2. The standard InChI is InChI=1S/C24H21N3O5S/c1-17-12-13-27-22(14-17)25-19(15-23(27)28)16-32-24(29)18-8-10-21(11-9-18)33(30,31)26(2)20-6-4-3-5-7-20/h3-15H,16H2,1-2H3. The molecule has 0 unspecified atom stereocenters. The first-order valence-electron chi connectivity index (χ1n) is 10.1. The number of sulfonamides is 1. The number of rotatable bonds is 6. The third-order valence-corrected chi connectivity index (χ3v) is 6.89.